The number of nitrogens with zero attached hydrogens (tertiary/aromatic N) is 2. The van der Waals surface area contributed by atoms with E-state index in [1.807, 2.05) is 0 Å². The Balaban J connectivity index is 1.56. The minimum absolute atomic E-state index is 0.119. The van der Waals surface area contributed by atoms with Crippen molar-refractivity contribution >= 4 is 44.9 Å². The smallest absolute Gasteiger partial charge is 0.418 e. The monoisotopic (exact) mass is 465 g/mol. The molecule has 0 bridgehead atoms. The predicted molar refractivity (Wildman–Crippen MR) is 112 cm³/mol. The van der Waals surface area contributed by atoms with E-state index in [0.29, 0.717) is 16.0 Å². The van der Waals surface area contributed by atoms with Crippen LogP contribution in [0.4, 0.5) is 18.9 Å². The first kappa shape index (κ1) is 21.2. The van der Waals surface area contributed by atoms with Gasteiger partial charge in [0.2, 0.25) is 5.91 Å². The summed E-state index contributed by atoms with van der Waals surface area (Å²) in [6, 6.07) is 9.84. The van der Waals surface area contributed by atoms with E-state index in [1.54, 1.807) is 23.6 Å². The number of thioether (sulfide) groups is 1. The molecule has 4 aromatic rings. The molecule has 0 aliphatic carbocycles. The van der Waals surface area contributed by atoms with Crippen LogP contribution in [0, 0.1) is 0 Å². The van der Waals surface area contributed by atoms with E-state index < -0.39 is 17.6 Å². The lowest BCUT2D eigenvalue weighted by atomic mass is 10.1. The van der Waals surface area contributed by atoms with Crippen LogP contribution in [-0.2, 0) is 17.5 Å². The van der Waals surface area contributed by atoms with Gasteiger partial charge in [-0.1, -0.05) is 23.9 Å². The van der Waals surface area contributed by atoms with Gasteiger partial charge in [0.15, 0.2) is 5.16 Å². The van der Waals surface area contributed by atoms with Crippen molar-refractivity contribution in [2.75, 3.05) is 11.1 Å². The average Bonchev–Trinajstić information content (AvgIpc) is 3.40. The van der Waals surface area contributed by atoms with Crippen LogP contribution in [0.3, 0.4) is 0 Å². The van der Waals surface area contributed by atoms with E-state index in [9.17, 15) is 22.8 Å². The number of hydrogen-bond acceptors (Lipinski definition) is 6. The van der Waals surface area contributed by atoms with Crippen molar-refractivity contribution in [3.05, 3.63) is 75.8 Å². The topological polar surface area (TPSA) is 77.1 Å². The number of aromatic nitrogens is 2. The molecular formula is C20H14F3N3O3S2. The van der Waals surface area contributed by atoms with Gasteiger partial charge in [0, 0.05) is 0 Å². The van der Waals surface area contributed by atoms with Gasteiger partial charge in [-0.05, 0) is 35.7 Å². The van der Waals surface area contributed by atoms with Gasteiger partial charge in [-0.2, -0.15) is 13.2 Å². The van der Waals surface area contributed by atoms with Gasteiger partial charge in [-0.15, -0.1) is 11.3 Å². The number of benzene rings is 1. The van der Waals surface area contributed by atoms with E-state index in [1.165, 1.54) is 40.4 Å². The van der Waals surface area contributed by atoms with Gasteiger partial charge in [0.25, 0.3) is 5.56 Å². The molecule has 3 heterocycles. The minimum atomic E-state index is -4.59. The lowest BCUT2D eigenvalue weighted by Crippen LogP contribution is -2.24. The summed E-state index contributed by atoms with van der Waals surface area (Å²) in [6.07, 6.45) is -3.11. The van der Waals surface area contributed by atoms with Gasteiger partial charge < -0.3 is 9.73 Å². The third-order valence-electron chi connectivity index (χ3n) is 4.26. The summed E-state index contributed by atoms with van der Waals surface area (Å²) in [7, 11) is 0. The largest absolute Gasteiger partial charge is 0.467 e. The molecule has 4 rings (SSSR count). The van der Waals surface area contributed by atoms with Crippen molar-refractivity contribution in [2.24, 2.45) is 0 Å². The van der Waals surface area contributed by atoms with Crippen LogP contribution >= 0.6 is 23.1 Å². The maximum absolute atomic E-state index is 13.1. The molecule has 0 saturated carbocycles. The number of carbonyl (C=O) groups excluding carboxylic acids is 1. The molecular weight excluding hydrogens is 451 g/mol. The quantitative estimate of drug-likeness (QED) is 0.325. The molecule has 1 aromatic carbocycles. The van der Waals surface area contributed by atoms with Crippen molar-refractivity contribution in [1.82, 2.24) is 9.55 Å². The number of anilines is 1. The third kappa shape index (κ3) is 4.67. The van der Waals surface area contributed by atoms with Crippen LogP contribution in [0.1, 0.15) is 11.3 Å². The Hall–Kier alpha value is -3.05. The second-order valence-corrected chi connectivity index (χ2v) is 8.24. The lowest BCUT2D eigenvalue weighted by molar-refractivity contribution is -0.137. The molecule has 0 aliphatic heterocycles. The second kappa shape index (κ2) is 8.60. The molecule has 0 fully saturated rings. The van der Waals surface area contributed by atoms with Crippen LogP contribution in [0.25, 0.3) is 10.2 Å². The number of alkyl halides is 3. The zero-order chi connectivity index (χ0) is 22.0. The molecule has 6 nitrogen and oxygen atoms in total. The minimum Gasteiger partial charge on any atom is -0.467 e. The number of hydrogen-bond donors (Lipinski definition) is 1. The van der Waals surface area contributed by atoms with Gasteiger partial charge in [-0.25, -0.2) is 4.98 Å². The van der Waals surface area contributed by atoms with Crippen LogP contribution in [0.2, 0.25) is 0 Å². The van der Waals surface area contributed by atoms with Crippen LogP contribution in [0.15, 0.2) is 68.5 Å². The average molecular weight is 465 g/mol. The summed E-state index contributed by atoms with van der Waals surface area (Å²) < 4.78 is 46.6. The summed E-state index contributed by atoms with van der Waals surface area (Å²) in [5, 5.41) is 4.30. The second-order valence-electron chi connectivity index (χ2n) is 6.38. The molecule has 0 saturated heterocycles. The van der Waals surface area contributed by atoms with Gasteiger partial charge in [0.05, 0.1) is 35.3 Å². The molecule has 160 valence electrons. The third-order valence-corrected chi connectivity index (χ3v) is 6.13. The zero-order valence-corrected chi connectivity index (χ0v) is 17.3. The van der Waals surface area contributed by atoms with Crippen molar-refractivity contribution in [3.63, 3.8) is 0 Å². The maximum atomic E-state index is 13.1. The fourth-order valence-electron chi connectivity index (χ4n) is 2.89. The predicted octanol–water partition coefficient (Wildman–Crippen LogP) is 4.85. The number of fused-ring (bicyclic) bond motifs is 1. The summed E-state index contributed by atoms with van der Waals surface area (Å²) >= 11 is 2.22. The first-order chi connectivity index (χ1) is 14.8. The first-order valence-electron chi connectivity index (χ1n) is 8.92. The van der Waals surface area contributed by atoms with Crippen molar-refractivity contribution < 1.29 is 22.4 Å². The molecule has 3 aromatic heterocycles. The maximum Gasteiger partial charge on any atom is 0.418 e. The van der Waals surface area contributed by atoms with E-state index >= 15 is 0 Å². The molecule has 0 spiro atoms. The Bertz CT molecular complexity index is 1280. The normalized spacial score (nSPS) is 11.7. The number of nitrogens with one attached hydrogen (secondary N) is 1. The molecule has 0 radical (unpaired) electrons. The number of halogens is 3. The standard InChI is InChI=1S/C20H14F3N3O3S2/c21-20(22,23)13-5-1-2-6-14(13)24-16(27)11-31-19-25-15-7-9-30-17(15)18(28)26(19)10-12-4-3-8-29-12/h1-9H,10-11H2,(H,24,27). The highest BCUT2D eigenvalue weighted by Crippen LogP contribution is 2.34. The summed E-state index contributed by atoms with van der Waals surface area (Å²) in [5.41, 5.74) is -1.03. The molecule has 31 heavy (non-hydrogen) atoms. The molecule has 0 aliphatic rings. The molecule has 0 atom stereocenters. The molecule has 1 N–H and O–H groups in total. The number of furan rings is 1. The summed E-state index contributed by atoms with van der Waals surface area (Å²) in [5.74, 6) is -0.344. The molecule has 11 heteroatoms. The highest BCUT2D eigenvalue weighted by molar-refractivity contribution is 7.99. The highest BCUT2D eigenvalue weighted by Gasteiger charge is 2.33. The Kier molecular flexibility index (Phi) is 5.88. The Morgan fingerprint density at radius 1 is 1.19 bits per heavy atom. The SMILES string of the molecule is O=C(CSc1nc2ccsc2c(=O)n1Cc1ccco1)Nc1ccccc1C(F)(F)F. The van der Waals surface area contributed by atoms with Crippen molar-refractivity contribution in [2.45, 2.75) is 17.9 Å². The number of amides is 1. The first-order valence-corrected chi connectivity index (χ1v) is 10.8. The Labute approximate surface area is 181 Å². The van der Waals surface area contributed by atoms with E-state index in [0.717, 1.165) is 17.8 Å². The summed E-state index contributed by atoms with van der Waals surface area (Å²) in [6.45, 7) is 0.119. The zero-order valence-electron chi connectivity index (χ0n) is 15.7. The number of thiophene rings is 1. The van der Waals surface area contributed by atoms with E-state index in [-0.39, 0.29) is 28.7 Å². The Morgan fingerprint density at radius 3 is 2.74 bits per heavy atom. The summed E-state index contributed by atoms with van der Waals surface area (Å²) in [4.78, 5) is 29.7. The van der Waals surface area contributed by atoms with Crippen LogP contribution in [0.5, 0.6) is 0 Å². The Morgan fingerprint density at radius 2 is 2.00 bits per heavy atom. The van der Waals surface area contributed by atoms with Crippen LogP contribution in [-0.4, -0.2) is 21.2 Å². The highest BCUT2D eigenvalue weighted by atomic mass is 32.2. The van der Waals surface area contributed by atoms with E-state index in [4.69, 9.17) is 4.42 Å². The van der Waals surface area contributed by atoms with Crippen molar-refractivity contribution in [1.29, 1.82) is 0 Å². The molecule has 1 amide bonds. The lowest BCUT2D eigenvalue weighted by Gasteiger charge is -2.14. The molecule has 0 unspecified atom stereocenters. The van der Waals surface area contributed by atoms with Gasteiger partial charge in [-0.3, -0.25) is 14.2 Å². The number of carbonyl (C=O) groups is 1. The number of rotatable bonds is 6. The fourth-order valence-corrected chi connectivity index (χ4v) is 4.46. The fraction of sp³-hybridized carbons (Fsp3) is 0.150. The number of para-hydroxylation sites is 1. The van der Waals surface area contributed by atoms with Gasteiger partial charge in [0.1, 0.15) is 10.5 Å². The van der Waals surface area contributed by atoms with Crippen LogP contribution < -0.4 is 10.9 Å². The van der Waals surface area contributed by atoms with Crippen molar-refractivity contribution in [3.8, 4) is 0 Å². The van der Waals surface area contributed by atoms with Gasteiger partial charge >= 0.3 is 6.18 Å². The van der Waals surface area contributed by atoms with E-state index in [2.05, 4.69) is 10.3 Å².